The Kier molecular flexibility index (Phi) is 5.65. The van der Waals surface area contributed by atoms with Crippen LogP contribution in [-0.4, -0.2) is 24.6 Å². The average Bonchev–Trinajstić information content (AvgIpc) is 2.54. The van der Waals surface area contributed by atoms with Gasteiger partial charge in [0.15, 0.2) is 0 Å². The van der Waals surface area contributed by atoms with Crippen LogP contribution in [0, 0.1) is 0 Å². The summed E-state index contributed by atoms with van der Waals surface area (Å²) in [4.78, 5) is 19.4. The van der Waals surface area contributed by atoms with Crippen LogP contribution in [0.25, 0.3) is 0 Å². The van der Waals surface area contributed by atoms with Crippen LogP contribution in [0.2, 0.25) is 0 Å². The molecular formula is C10H17NO3. The SMILES string of the molecule is CC(C)(C)OC=O.O=C=C1CCCN1. The summed E-state index contributed by atoms with van der Waals surface area (Å²) >= 11 is 0. The van der Waals surface area contributed by atoms with Gasteiger partial charge >= 0.3 is 0 Å². The Morgan fingerprint density at radius 2 is 2.14 bits per heavy atom. The maximum absolute atomic E-state index is 9.78. The highest BCUT2D eigenvalue weighted by atomic mass is 16.5. The van der Waals surface area contributed by atoms with Gasteiger partial charge in [-0.3, -0.25) is 4.79 Å². The van der Waals surface area contributed by atoms with E-state index in [4.69, 9.17) is 0 Å². The minimum Gasteiger partial charge on any atom is -0.462 e. The van der Waals surface area contributed by atoms with Gasteiger partial charge < -0.3 is 10.1 Å². The number of nitrogens with one attached hydrogen (secondary N) is 1. The predicted molar refractivity (Wildman–Crippen MR) is 53.3 cm³/mol. The molecule has 14 heavy (non-hydrogen) atoms. The van der Waals surface area contributed by atoms with Crippen molar-refractivity contribution in [3.63, 3.8) is 0 Å². The summed E-state index contributed by atoms with van der Waals surface area (Å²) in [6.07, 6.45) is 1.98. The molecule has 1 rings (SSSR count). The lowest BCUT2D eigenvalue weighted by Gasteiger charge is -2.14. The molecule has 1 aliphatic heterocycles. The smallest absolute Gasteiger partial charge is 0.293 e. The van der Waals surface area contributed by atoms with E-state index >= 15 is 0 Å². The summed E-state index contributed by atoms with van der Waals surface area (Å²) in [5.74, 6) is 1.82. The minimum atomic E-state index is -0.318. The molecular weight excluding hydrogens is 182 g/mol. The first kappa shape index (κ1) is 12.7. The fraction of sp³-hybridized carbons (Fsp3) is 0.700. The predicted octanol–water partition coefficient (Wildman–Crippen LogP) is 1.04. The van der Waals surface area contributed by atoms with Crippen molar-refractivity contribution in [2.75, 3.05) is 6.54 Å². The molecule has 0 atom stereocenters. The van der Waals surface area contributed by atoms with Crippen LogP contribution in [0.1, 0.15) is 33.6 Å². The summed E-state index contributed by atoms with van der Waals surface area (Å²) in [5.41, 5.74) is 0.418. The monoisotopic (exact) mass is 199 g/mol. The van der Waals surface area contributed by atoms with E-state index in [2.05, 4.69) is 10.1 Å². The van der Waals surface area contributed by atoms with Crippen molar-refractivity contribution in [3.05, 3.63) is 5.70 Å². The number of hydrogen-bond donors (Lipinski definition) is 1. The second-order valence-electron chi connectivity index (χ2n) is 3.94. The zero-order valence-corrected chi connectivity index (χ0v) is 8.92. The molecule has 1 N–H and O–H groups in total. The highest BCUT2D eigenvalue weighted by molar-refractivity contribution is 5.51. The van der Waals surface area contributed by atoms with E-state index < -0.39 is 0 Å². The molecule has 0 amide bonds. The molecule has 0 aromatic heterocycles. The number of hydrogen-bond acceptors (Lipinski definition) is 4. The number of rotatable bonds is 1. The van der Waals surface area contributed by atoms with Gasteiger partial charge in [-0.2, -0.15) is 0 Å². The number of ether oxygens (including phenoxy) is 1. The molecule has 0 aliphatic carbocycles. The van der Waals surface area contributed by atoms with Crippen molar-refractivity contribution in [3.8, 4) is 0 Å². The molecule has 1 aliphatic rings. The molecule has 1 heterocycles. The maximum atomic E-state index is 9.78. The number of carbonyl (C=O) groups excluding carboxylic acids is 2. The molecule has 4 heteroatoms. The molecule has 4 nitrogen and oxygen atoms in total. The van der Waals surface area contributed by atoms with Crippen LogP contribution in [0.15, 0.2) is 5.70 Å². The van der Waals surface area contributed by atoms with Crippen molar-refractivity contribution < 1.29 is 14.3 Å². The molecule has 0 radical (unpaired) electrons. The first-order valence-electron chi connectivity index (χ1n) is 4.59. The second kappa shape index (κ2) is 6.22. The third-order valence-electron chi connectivity index (χ3n) is 1.47. The van der Waals surface area contributed by atoms with Gasteiger partial charge in [-0.1, -0.05) is 0 Å². The van der Waals surface area contributed by atoms with Gasteiger partial charge in [0, 0.05) is 6.54 Å². The number of carbonyl (C=O) groups is 1. The normalized spacial score (nSPS) is 14.6. The van der Waals surface area contributed by atoms with E-state index in [1.807, 2.05) is 26.7 Å². The Labute approximate surface area is 84.3 Å². The van der Waals surface area contributed by atoms with Crippen molar-refractivity contribution in [1.82, 2.24) is 5.32 Å². The summed E-state index contributed by atoms with van der Waals surface area (Å²) in [6.45, 7) is 6.87. The Hall–Kier alpha value is -1.28. The van der Waals surface area contributed by atoms with E-state index in [0.29, 0.717) is 6.47 Å². The van der Waals surface area contributed by atoms with Gasteiger partial charge in [0.05, 0.1) is 5.70 Å². The second-order valence-corrected chi connectivity index (χ2v) is 3.94. The third-order valence-corrected chi connectivity index (χ3v) is 1.47. The maximum Gasteiger partial charge on any atom is 0.293 e. The van der Waals surface area contributed by atoms with Gasteiger partial charge in [0.1, 0.15) is 11.5 Å². The largest absolute Gasteiger partial charge is 0.462 e. The molecule has 0 bridgehead atoms. The number of allylic oxidation sites excluding steroid dienone is 1. The van der Waals surface area contributed by atoms with E-state index in [1.165, 1.54) is 0 Å². The quantitative estimate of drug-likeness (QED) is 0.506. The van der Waals surface area contributed by atoms with Gasteiger partial charge in [0.25, 0.3) is 6.47 Å². The highest BCUT2D eigenvalue weighted by Gasteiger charge is 2.07. The van der Waals surface area contributed by atoms with Gasteiger partial charge in [0.2, 0.25) is 0 Å². The van der Waals surface area contributed by atoms with Crippen LogP contribution in [0.5, 0.6) is 0 Å². The molecule has 0 spiro atoms. The summed E-state index contributed by atoms with van der Waals surface area (Å²) < 4.78 is 4.55. The van der Waals surface area contributed by atoms with Crippen molar-refractivity contribution in [1.29, 1.82) is 0 Å². The van der Waals surface area contributed by atoms with Crippen LogP contribution < -0.4 is 5.32 Å². The van der Waals surface area contributed by atoms with Crippen molar-refractivity contribution in [2.45, 2.75) is 39.2 Å². The summed E-state index contributed by atoms with van der Waals surface area (Å²) in [6, 6.07) is 0. The van der Waals surface area contributed by atoms with Crippen LogP contribution in [0.3, 0.4) is 0 Å². The molecule has 0 aromatic rings. The Morgan fingerprint density at radius 3 is 2.29 bits per heavy atom. The third kappa shape index (κ3) is 7.37. The molecule has 1 fully saturated rings. The Balaban J connectivity index is 0.000000241. The van der Waals surface area contributed by atoms with E-state index in [9.17, 15) is 9.59 Å². The molecule has 0 saturated carbocycles. The lowest BCUT2D eigenvalue weighted by atomic mass is 10.2. The van der Waals surface area contributed by atoms with Crippen LogP contribution >= 0.6 is 0 Å². The van der Waals surface area contributed by atoms with E-state index in [-0.39, 0.29) is 5.60 Å². The van der Waals surface area contributed by atoms with Gasteiger partial charge in [-0.05, 0) is 33.6 Å². The minimum absolute atomic E-state index is 0.318. The fourth-order valence-electron chi connectivity index (χ4n) is 0.824. The van der Waals surface area contributed by atoms with E-state index in [0.717, 1.165) is 25.1 Å². The average molecular weight is 199 g/mol. The van der Waals surface area contributed by atoms with Crippen molar-refractivity contribution >= 4 is 12.4 Å². The standard InChI is InChI=1S/C5H7NO.C5H10O2/c7-4-5-2-1-3-6-5;1-5(2,3)7-4-6/h6H,1-3H2;4H,1-3H3. The van der Waals surface area contributed by atoms with Crippen LogP contribution in [0.4, 0.5) is 0 Å². The summed E-state index contributed by atoms with van der Waals surface area (Å²) in [7, 11) is 0. The van der Waals surface area contributed by atoms with E-state index in [1.54, 1.807) is 0 Å². The molecule has 80 valence electrons. The van der Waals surface area contributed by atoms with Gasteiger partial charge in [-0.15, -0.1) is 0 Å². The zero-order chi connectivity index (χ0) is 11.0. The van der Waals surface area contributed by atoms with Crippen LogP contribution in [-0.2, 0) is 14.3 Å². The Morgan fingerprint density at radius 1 is 1.50 bits per heavy atom. The fourth-order valence-corrected chi connectivity index (χ4v) is 0.824. The topological polar surface area (TPSA) is 55.4 Å². The molecule has 0 unspecified atom stereocenters. The van der Waals surface area contributed by atoms with Gasteiger partial charge in [-0.25, -0.2) is 4.79 Å². The molecule has 0 aromatic carbocycles. The first-order valence-corrected chi connectivity index (χ1v) is 4.59. The lowest BCUT2D eigenvalue weighted by molar-refractivity contribution is -0.138. The zero-order valence-electron chi connectivity index (χ0n) is 8.92. The first-order chi connectivity index (χ1) is 6.49. The molecule has 1 saturated heterocycles. The summed E-state index contributed by atoms with van der Waals surface area (Å²) in [5, 5.41) is 2.90. The van der Waals surface area contributed by atoms with Crippen molar-refractivity contribution in [2.24, 2.45) is 0 Å². The highest BCUT2D eigenvalue weighted by Crippen LogP contribution is 2.03. The Bertz CT molecular complexity index is 216. The lowest BCUT2D eigenvalue weighted by Crippen LogP contribution is -2.17.